The van der Waals surface area contributed by atoms with E-state index in [1.807, 2.05) is 0 Å². The van der Waals surface area contributed by atoms with Gasteiger partial charge in [0.1, 0.15) is 11.5 Å². The third-order valence-corrected chi connectivity index (χ3v) is 4.58. The molecule has 0 spiro atoms. The van der Waals surface area contributed by atoms with Gasteiger partial charge in [-0.05, 0) is 25.2 Å². The highest BCUT2D eigenvalue weighted by Crippen LogP contribution is 2.28. The van der Waals surface area contributed by atoms with E-state index in [2.05, 4.69) is 10.0 Å². The van der Waals surface area contributed by atoms with Crippen LogP contribution in [0.15, 0.2) is 47.4 Å². The Morgan fingerprint density at radius 2 is 1.91 bits per heavy atom. The number of nitro groups is 1. The van der Waals surface area contributed by atoms with Crippen LogP contribution in [-0.2, 0) is 16.6 Å². The Morgan fingerprint density at radius 3 is 2.52 bits per heavy atom. The van der Waals surface area contributed by atoms with Gasteiger partial charge in [0, 0.05) is 18.2 Å². The maximum atomic E-state index is 13.6. The summed E-state index contributed by atoms with van der Waals surface area (Å²) in [5.74, 6) is -0.433. The molecule has 2 rings (SSSR count). The van der Waals surface area contributed by atoms with Crippen LogP contribution >= 0.6 is 0 Å². The topological polar surface area (TPSA) is 101 Å². The van der Waals surface area contributed by atoms with Crippen molar-refractivity contribution in [3.63, 3.8) is 0 Å². The number of hydrogen-bond acceptors (Lipinski definition) is 5. The highest BCUT2D eigenvalue weighted by molar-refractivity contribution is 7.89. The van der Waals surface area contributed by atoms with Gasteiger partial charge in [0.2, 0.25) is 10.0 Å². The van der Waals surface area contributed by atoms with Crippen LogP contribution in [0.25, 0.3) is 0 Å². The second-order valence-corrected chi connectivity index (χ2v) is 6.48. The van der Waals surface area contributed by atoms with Crippen molar-refractivity contribution < 1.29 is 17.7 Å². The lowest BCUT2D eigenvalue weighted by Crippen LogP contribution is -2.18. The first-order valence-electron chi connectivity index (χ1n) is 6.54. The fraction of sp³-hybridized carbons (Fsp3) is 0.143. The minimum atomic E-state index is -3.79. The minimum absolute atomic E-state index is 0.0334. The molecule has 122 valence electrons. The van der Waals surface area contributed by atoms with Crippen LogP contribution in [0.5, 0.6) is 0 Å². The van der Waals surface area contributed by atoms with Gasteiger partial charge in [0.05, 0.1) is 9.82 Å². The molecule has 0 saturated heterocycles. The van der Waals surface area contributed by atoms with Crippen LogP contribution in [-0.4, -0.2) is 20.4 Å². The number of rotatable bonds is 6. The first-order chi connectivity index (χ1) is 10.8. The van der Waals surface area contributed by atoms with Crippen LogP contribution in [0.2, 0.25) is 0 Å². The predicted molar refractivity (Wildman–Crippen MR) is 83.1 cm³/mol. The number of hydrogen-bond donors (Lipinski definition) is 2. The summed E-state index contributed by atoms with van der Waals surface area (Å²) in [4.78, 5) is 10.2. The molecule has 23 heavy (non-hydrogen) atoms. The van der Waals surface area contributed by atoms with Gasteiger partial charge >= 0.3 is 0 Å². The summed E-state index contributed by atoms with van der Waals surface area (Å²) in [6.07, 6.45) is 0. The van der Waals surface area contributed by atoms with Crippen molar-refractivity contribution >= 4 is 21.4 Å². The van der Waals surface area contributed by atoms with Gasteiger partial charge < -0.3 is 5.32 Å². The molecule has 2 aromatic carbocycles. The Balaban J connectivity index is 2.32. The fourth-order valence-corrected chi connectivity index (χ4v) is 2.68. The second-order valence-electron chi connectivity index (χ2n) is 4.59. The molecule has 0 atom stereocenters. The Kier molecular flexibility index (Phi) is 4.92. The zero-order valence-electron chi connectivity index (χ0n) is 12.1. The quantitative estimate of drug-likeness (QED) is 0.621. The first kappa shape index (κ1) is 16.8. The van der Waals surface area contributed by atoms with Crippen molar-refractivity contribution in [2.24, 2.45) is 0 Å². The molecule has 0 aliphatic carbocycles. The van der Waals surface area contributed by atoms with Gasteiger partial charge in [-0.2, -0.15) is 0 Å². The molecule has 7 nitrogen and oxygen atoms in total. The van der Waals surface area contributed by atoms with E-state index in [0.29, 0.717) is 5.56 Å². The summed E-state index contributed by atoms with van der Waals surface area (Å²) in [5.41, 5.74) is 0.0414. The van der Waals surface area contributed by atoms with E-state index in [4.69, 9.17) is 0 Å². The largest absolute Gasteiger partial charge is 0.375 e. The molecule has 0 aliphatic heterocycles. The summed E-state index contributed by atoms with van der Waals surface area (Å²) in [6.45, 7) is 0.0334. The molecule has 0 saturated carbocycles. The summed E-state index contributed by atoms with van der Waals surface area (Å²) >= 11 is 0. The van der Waals surface area contributed by atoms with Crippen molar-refractivity contribution in [3.8, 4) is 0 Å². The van der Waals surface area contributed by atoms with E-state index in [0.717, 1.165) is 6.07 Å². The lowest BCUT2D eigenvalue weighted by atomic mass is 10.2. The van der Waals surface area contributed by atoms with E-state index >= 15 is 0 Å². The van der Waals surface area contributed by atoms with Crippen molar-refractivity contribution in [2.45, 2.75) is 11.4 Å². The van der Waals surface area contributed by atoms with Crippen molar-refractivity contribution in [2.75, 3.05) is 12.4 Å². The standard InChI is InChI=1S/C14H14FN3O4S/c1-16-23(21,22)11-6-7-13(14(8-11)18(19)20)17-9-10-4-2-3-5-12(10)15/h2-8,16-17H,9H2,1H3. The van der Waals surface area contributed by atoms with Crippen LogP contribution in [0, 0.1) is 15.9 Å². The highest BCUT2D eigenvalue weighted by Gasteiger charge is 2.20. The molecule has 0 heterocycles. The Labute approximate surface area is 132 Å². The monoisotopic (exact) mass is 339 g/mol. The highest BCUT2D eigenvalue weighted by atomic mass is 32.2. The van der Waals surface area contributed by atoms with Crippen LogP contribution in [0.4, 0.5) is 15.8 Å². The SMILES string of the molecule is CNS(=O)(=O)c1ccc(NCc2ccccc2F)c([N+](=O)[O-])c1. The molecule has 2 aromatic rings. The van der Waals surface area contributed by atoms with Gasteiger partial charge in [-0.1, -0.05) is 18.2 Å². The first-order valence-corrected chi connectivity index (χ1v) is 8.02. The Hall–Kier alpha value is -2.52. The molecular weight excluding hydrogens is 325 g/mol. The third kappa shape index (κ3) is 3.82. The predicted octanol–water partition coefficient (Wildman–Crippen LogP) is 2.25. The van der Waals surface area contributed by atoms with Gasteiger partial charge in [0.25, 0.3) is 5.69 Å². The van der Waals surface area contributed by atoms with Gasteiger partial charge in [-0.15, -0.1) is 0 Å². The van der Waals surface area contributed by atoms with Crippen molar-refractivity contribution in [1.82, 2.24) is 4.72 Å². The molecular formula is C14H14FN3O4S. The van der Waals surface area contributed by atoms with E-state index < -0.39 is 26.5 Å². The number of nitrogens with one attached hydrogen (secondary N) is 2. The van der Waals surface area contributed by atoms with Crippen LogP contribution in [0.1, 0.15) is 5.56 Å². The number of anilines is 1. The second kappa shape index (κ2) is 6.71. The summed E-state index contributed by atoms with van der Waals surface area (Å²) in [6, 6.07) is 9.50. The van der Waals surface area contributed by atoms with Crippen molar-refractivity contribution in [1.29, 1.82) is 0 Å². The van der Waals surface area contributed by atoms with Crippen LogP contribution < -0.4 is 10.0 Å². The van der Waals surface area contributed by atoms with Gasteiger partial charge in [-0.3, -0.25) is 10.1 Å². The zero-order valence-corrected chi connectivity index (χ0v) is 12.9. The van der Waals surface area contributed by atoms with E-state index in [9.17, 15) is 22.9 Å². The maximum Gasteiger partial charge on any atom is 0.293 e. The molecule has 0 bridgehead atoms. The number of halogens is 1. The van der Waals surface area contributed by atoms with E-state index in [-0.39, 0.29) is 17.1 Å². The lowest BCUT2D eigenvalue weighted by Gasteiger charge is -2.09. The molecule has 9 heteroatoms. The smallest absolute Gasteiger partial charge is 0.293 e. The number of benzene rings is 2. The number of nitrogens with zero attached hydrogens (tertiary/aromatic N) is 1. The Morgan fingerprint density at radius 1 is 1.22 bits per heavy atom. The summed E-state index contributed by atoms with van der Waals surface area (Å²) in [5, 5.41) is 13.9. The average Bonchev–Trinajstić information content (AvgIpc) is 2.53. The molecule has 0 aliphatic rings. The maximum absolute atomic E-state index is 13.6. The number of nitro benzene ring substituents is 1. The van der Waals surface area contributed by atoms with Gasteiger partial charge in [-0.25, -0.2) is 17.5 Å². The molecule has 2 N–H and O–H groups in total. The van der Waals surface area contributed by atoms with Crippen molar-refractivity contribution in [3.05, 3.63) is 64.0 Å². The number of sulfonamides is 1. The lowest BCUT2D eigenvalue weighted by molar-refractivity contribution is -0.384. The zero-order chi connectivity index (χ0) is 17.0. The molecule has 0 radical (unpaired) electrons. The Bertz CT molecular complexity index is 840. The molecule has 0 amide bonds. The van der Waals surface area contributed by atoms with E-state index in [1.54, 1.807) is 18.2 Å². The molecule has 0 aromatic heterocycles. The summed E-state index contributed by atoms with van der Waals surface area (Å²) < 4.78 is 39.1. The normalized spacial score (nSPS) is 11.2. The van der Waals surface area contributed by atoms with E-state index in [1.165, 1.54) is 25.2 Å². The molecule has 0 fully saturated rings. The third-order valence-electron chi connectivity index (χ3n) is 3.17. The van der Waals surface area contributed by atoms with Crippen LogP contribution in [0.3, 0.4) is 0 Å². The minimum Gasteiger partial charge on any atom is -0.375 e. The average molecular weight is 339 g/mol. The molecule has 0 unspecified atom stereocenters. The summed E-state index contributed by atoms with van der Waals surface area (Å²) in [7, 11) is -2.57. The van der Waals surface area contributed by atoms with Gasteiger partial charge in [0.15, 0.2) is 0 Å². The fourth-order valence-electron chi connectivity index (χ4n) is 1.93.